The van der Waals surface area contributed by atoms with Gasteiger partial charge in [-0.15, -0.1) is 0 Å². The van der Waals surface area contributed by atoms with Crippen LogP contribution in [0.4, 0.5) is 0 Å². The number of fused-ring (bicyclic) bond motifs is 1. The molecule has 0 bridgehead atoms. The Balaban J connectivity index is 1.44. The number of carbonyl (C=O) groups excluding carboxylic acids is 1. The van der Waals surface area contributed by atoms with Crippen molar-refractivity contribution in [3.63, 3.8) is 0 Å². The van der Waals surface area contributed by atoms with E-state index in [1.54, 1.807) is 16.4 Å². The zero-order chi connectivity index (χ0) is 20.2. The highest BCUT2D eigenvalue weighted by Crippen LogP contribution is 2.61. The molecule has 1 aliphatic heterocycles. The van der Waals surface area contributed by atoms with Crippen molar-refractivity contribution in [2.45, 2.75) is 70.1 Å². The van der Waals surface area contributed by atoms with Gasteiger partial charge in [0.1, 0.15) is 0 Å². The number of carbonyl (C=O) groups is 1. The molecule has 0 spiro atoms. The van der Waals surface area contributed by atoms with E-state index in [0.29, 0.717) is 31.0 Å². The van der Waals surface area contributed by atoms with Gasteiger partial charge in [0.2, 0.25) is 10.0 Å². The number of piperidine rings is 1. The van der Waals surface area contributed by atoms with Gasteiger partial charge in [0.05, 0.1) is 17.9 Å². The Morgan fingerprint density at radius 3 is 2.54 bits per heavy atom. The monoisotopic (exact) mass is 407 g/mol. The smallest absolute Gasteiger partial charge is 0.306 e. The lowest BCUT2D eigenvalue weighted by atomic mass is 10.0. The van der Waals surface area contributed by atoms with Gasteiger partial charge in [0.15, 0.2) is 0 Å². The van der Waals surface area contributed by atoms with Crippen molar-refractivity contribution < 1.29 is 17.9 Å². The number of unbranched alkanes of at least 4 members (excludes halogenated alkanes) is 5. The first-order chi connectivity index (χ1) is 13.4. The van der Waals surface area contributed by atoms with Gasteiger partial charge >= 0.3 is 5.97 Å². The second-order valence-electron chi connectivity index (χ2n) is 8.54. The molecule has 0 radical (unpaired) electrons. The minimum atomic E-state index is -3.48. The zero-order valence-electron chi connectivity index (χ0n) is 17.2. The average molecular weight is 408 g/mol. The molecule has 0 N–H and O–H groups in total. The van der Waals surface area contributed by atoms with E-state index in [9.17, 15) is 13.2 Å². The molecule has 1 aromatic rings. The molecular formula is C22H33NO4S. The minimum absolute atomic E-state index is 0.175. The molecule has 0 aromatic heterocycles. The van der Waals surface area contributed by atoms with Crippen molar-refractivity contribution in [3.05, 3.63) is 29.8 Å². The molecule has 156 valence electrons. The van der Waals surface area contributed by atoms with Gasteiger partial charge in [-0.3, -0.25) is 4.79 Å². The average Bonchev–Trinajstić information content (AvgIpc) is 3.19. The second kappa shape index (κ2) is 8.95. The van der Waals surface area contributed by atoms with Crippen molar-refractivity contribution in [1.29, 1.82) is 0 Å². The van der Waals surface area contributed by atoms with Crippen molar-refractivity contribution in [2.24, 2.45) is 11.3 Å². The number of rotatable bonds is 11. The first kappa shape index (κ1) is 21.3. The number of aryl methyl sites for hydroxylation is 1. The van der Waals surface area contributed by atoms with Crippen LogP contribution in [0.5, 0.6) is 0 Å². The van der Waals surface area contributed by atoms with E-state index >= 15 is 0 Å². The fourth-order valence-electron chi connectivity index (χ4n) is 4.27. The van der Waals surface area contributed by atoms with Gasteiger partial charge < -0.3 is 4.74 Å². The number of ether oxygens (including phenoxy) is 1. The maximum absolute atomic E-state index is 12.9. The van der Waals surface area contributed by atoms with E-state index in [-0.39, 0.29) is 17.3 Å². The van der Waals surface area contributed by atoms with E-state index in [2.05, 4.69) is 6.92 Å². The van der Waals surface area contributed by atoms with Gasteiger partial charge in [0.25, 0.3) is 0 Å². The highest BCUT2D eigenvalue weighted by Gasteiger charge is 2.62. The molecule has 6 heteroatoms. The fourth-order valence-corrected chi connectivity index (χ4v) is 5.85. The molecule has 1 saturated heterocycles. The normalized spacial score (nSPS) is 24.1. The summed E-state index contributed by atoms with van der Waals surface area (Å²) in [5, 5.41) is 0. The van der Waals surface area contributed by atoms with E-state index in [1.807, 2.05) is 19.1 Å². The predicted octanol–water partition coefficient (Wildman–Crippen LogP) is 4.30. The summed E-state index contributed by atoms with van der Waals surface area (Å²) < 4.78 is 32.7. The molecule has 1 aliphatic carbocycles. The zero-order valence-corrected chi connectivity index (χ0v) is 18.0. The van der Waals surface area contributed by atoms with Crippen molar-refractivity contribution in [3.8, 4) is 0 Å². The SMILES string of the molecule is CCCCCCCCOC(=O)CC12CC1CN(S(=O)(=O)c1ccc(C)cc1)C2. The molecule has 2 atom stereocenters. The summed E-state index contributed by atoms with van der Waals surface area (Å²) in [5.74, 6) is 0.111. The molecule has 28 heavy (non-hydrogen) atoms. The van der Waals surface area contributed by atoms with Crippen LogP contribution in [0.25, 0.3) is 0 Å². The largest absolute Gasteiger partial charge is 0.466 e. The number of hydrogen-bond donors (Lipinski definition) is 0. The molecule has 1 saturated carbocycles. The summed E-state index contributed by atoms with van der Waals surface area (Å²) in [6, 6.07) is 6.96. The van der Waals surface area contributed by atoms with Gasteiger partial charge in [-0.05, 0) is 43.2 Å². The Bertz CT molecular complexity index is 774. The Labute approximate surface area is 169 Å². The standard InChI is InChI=1S/C22H33NO4S/c1-3-4-5-6-7-8-13-27-21(24)15-22-14-19(22)16-23(17-22)28(25,26)20-11-9-18(2)10-12-20/h9-12,19H,3-8,13-17H2,1-2H3. The maximum Gasteiger partial charge on any atom is 0.306 e. The summed E-state index contributed by atoms with van der Waals surface area (Å²) in [6.07, 6.45) is 8.24. The fraction of sp³-hybridized carbons (Fsp3) is 0.682. The van der Waals surface area contributed by atoms with Crippen molar-refractivity contribution in [2.75, 3.05) is 19.7 Å². The summed E-state index contributed by atoms with van der Waals surface area (Å²) in [7, 11) is -3.48. The summed E-state index contributed by atoms with van der Waals surface area (Å²) >= 11 is 0. The quantitative estimate of drug-likeness (QED) is 0.405. The van der Waals surface area contributed by atoms with Crippen LogP contribution in [0.15, 0.2) is 29.2 Å². The Hall–Kier alpha value is -1.40. The lowest BCUT2D eigenvalue weighted by Gasteiger charge is -2.20. The van der Waals surface area contributed by atoms with Crippen LogP contribution in [0.2, 0.25) is 0 Å². The van der Waals surface area contributed by atoms with E-state index in [4.69, 9.17) is 4.74 Å². The number of esters is 1. The second-order valence-corrected chi connectivity index (χ2v) is 10.5. The van der Waals surface area contributed by atoms with Gasteiger partial charge in [-0.25, -0.2) is 8.42 Å². The third-order valence-electron chi connectivity index (χ3n) is 6.19. The molecule has 2 unspecified atom stereocenters. The number of hydrogen-bond acceptors (Lipinski definition) is 4. The van der Waals surface area contributed by atoms with Crippen LogP contribution in [0, 0.1) is 18.3 Å². The third-order valence-corrected chi connectivity index (χ3v) is 8.02. The number of benzene rings is 1. The third kappa shape index (κ3) is 4.95. The van der Waals surface area contributed by atoms with Crippen molar-refractivity contribution >= 4 is 16.0 Å². The van der Waals surface area contributed by atoms with Gasteiger partial charge in [0, 0.05) is 13.1 Å². The lowest BCUT2D eigenvalue weighted by Crippen LogP contribution is -2.32. The molecule has 1 heterocycles. The van der Waals surface area contributed by atoms with Gasteiger partial charge in [-0.2, -0.15) is 4.31 Å². The predicted molar refractivity (Wildman–Crippen MR) is 109 cm³/mol. The number of nitrogens with zero attached hydrogens (tertiary/aromatic N) is 1. The van der Waals surface area contributed by atoms with Crippen molar-refractivity contribution in [1.82, 2.24) is 4.31 Å². The molecule has 3 rings (SSSR count). The Kier molecular flexibility index (Phi) is 6.81. The molecule has 2 aliphatic rings. The molecule has 2 fully saturated rings. The van der Waals surface area contributed by atoms with E-state index < -0.39 is 10.0 Å². The summed E-state index contributed by atoms with van der Waals surface area (Å²) in [5.41, 5.74) is 0.837. The molecule has 5 nitrogen and oxygen atoms in total. The highest BCUT2D eigenvalue weighted by atomic mass is 32.2. The van der Waals surface area contributed by atoms with Crippen LogP contribution in [0.1, 0.15) is 63.9 Å². The highest BCUT2D eigenvalue weighted by molar-refractivity contribution is 7.89. The van der Waals surface area contributed by atoms with Gasteiger partial charge in [-0.1, -0.05) is 56.7 Å². The Morgan fingerprint density at radius 2 is 1.82 bits per heavy atom. The summed E-state index contributed by atoms with van der Waals surface area (Å²) in [4.78, 5) is 12.6. The minimum Gasteiger partial charge on any atom is -0.466 e. The number of sulfonamides is 1. The van der Waals surface area contributed by atoms with E-state index in [0.717, 1.165) is 24.8 Å². The van der Waals surface area contributed by atoms with Crippen LogP contribution < -0.4 is 0 Å². The van der Waals surface area contributed by atoms with Crippen LogP contribution in [-0.4, -0.2) is 38.4 Å². The lowest BCUT2D eigenvalue weighted by molar-refractivity contribution is -0.145. The maximum atomic E-state index is 12.9. The molecule has 0 amide bonds. The molecular weight excluding hydrogens is 374 g/mol. The summed E-state index contributed by atoms with van der Waals surface area (Å²) in [6.45, 7) is 5.56. The topological polar surface area (TPSA) is 63.7 Å². The van der Waals surface area contributed by atoms with Crippen LogP contribution >= 0.6 is 0 Å². The molecule has 1 aromatic carbocycles. The van der Waals surface area contributed by atoms with Crippen LogP contribution in [-0.2, 0) is 19.6 Å². The van der Waals surface area contributed by atoms with Crippen LogP contribution in [0.3, 0.4) is 0 Å². The van der Waals surface area contributed by atoms with E-state index in [1.165, 1.54) is 25.7 Å². The first-order valence-electron chi connectivity index (χ1n) is 10.6. The first-order valence-corrected chi connectivity index (χ1v) is 12.0. The Morgan fingerprint density at radius 1 is 1.14 bits per heavy atom.